The van der Waals surface area contributed by atoms with E-state index in [0.717, 1.165) is 41.7 Å². The van der Waals surface area contributed by atoms with Crippen LogP contribution in [0.5, 0.6) is 0 Å². The molecule has 3 aromatic rings. The predicted octanol–water partition coefficient (Wildman–Crippen LogP) is 1.54. The van der Waals surface area contributed by atoms with Crippen molar-refractivity contribution in [2.75, 3.05) is 0 Å². The second-order valence-corrected chi connectivity index (χ2v) is 7.57. The molecular formula is C21H26N6O4. The Morgan fingerprint density at radius 1 is 1.23 bits per heavy atom. The standard InChI is InChI=1S/C20H24N6O2.CH2O2/c1-12-7-13(2)26(25-12)10-19(27)23-15-4-5-16(9-15)24-20(28)14-3-6-17-18(8-14)22-11-21-17;2-1-3/h3,6-8,11,15-16H,4-5,9-10H2,1-2H3,(H,21,22)(H,23,27)(H,24,28);1H,(H,2,3)/t15-,16+;/m1./s1. The topological polar surface area (TPSA) is 142 Å². The minimum Gasteiger partial charge on any atom is -0.483 e. The molecule has 4 N–H and O–H groups in total. The van der Waals surface area contributed by atoms with E-state index in [2.05, 4.69) is 25.7 Å². The third-order valence-corrected chi connectivity index (χ3v) is 5.21. The number of aryl methyl sites for hydroxylation is 2. The van der Waals surface area contributed by atoms with Crippen molar-refractivity contribution in [1.29, 1.82) is 0 Å². The average molecular weight is 426 g/mol. The lowest BCUT2D eigenvalue weighted by Gasteiger charge is -2.15. The van der Waals surface area contributed by atoms with Gasteiger partial charge in [-0.1, -0.05) is 0 Å². The zero-order chi connectivity index (χ0) is 22.4. The number of aromatic amines is 1. The first kappa shape index (κ1) is 22.0. The summed E-state index contributed by atoms with van der Waals surface area (Å²) < 4.78 is 1.71. The second-order valence-electron chi connectivity index (χ2n) is 7.57. The Kier molecular flexibility index (Phi) is 7.01. The zero-order valence-corrected chi connectivity index (χ0v) is 17.5. The monoisotopic (exact) mass is 426 g/mol. The van der Waals surface area contributed by atoms with Crippen molar-refractivity contribution in [3.05, 3.63) is 47.5 Å². The lowest BCUT2D eigenvalue weighted by molar-refractivity contribution is -0.123. The normalized spacial score (nSPS) is 17.6. The van der Waals surface area contributed by atoms with Gasteiger partial charge in [0.1, 0.15) is 6.54 Å². The van der Waals surface area contributed by atoms with Crippen molar-refractivity contribution in [3.8, 4) is 0 Å². The van der Waals surface area contributed by atoms with E-state index < -0.39 is 0 Å². The Balaban J connectivity index is 0.000000858. The third kappa shape index (κ3) is 5.68. The molecule has 1 aliphatic rings. The molecular weight excluding hydrogens is 400 g/mol. The molecule has 31 heavy (non-hydrogen) atoms. The summed E-state index contributed by atoms with van der Waals surface area (Å²) in [5.41, 5.74) is 4.16. The molecule has 1 saturated carbocycles. The molecule has 0 bridgehead atoms. The van der Waals surface area contributed by atoms with Gasteiger partial charge < -0.3 is 20.7 Å². The Hall–Kier alpha value is -3.69. The van der Waals surface area contributed by atoms with Crippen LogP contribution in [0.1, 0.15) is 41.0 Å². The number of carbonyl (C=O) groups is 3. The highest BCUT2D eigenvalue weighted by atomic mass is 16.3. The number of hydrogen-bond donors (Lipinski definition) is 4. The number of rotatable bonds is 5. The minimum atomic E-state index is -0.250. The number of nitrogens with zero attached hydrogens (tertiary/aromatic N) is 3. The van der Waals surface area contributed by atoms with Gasteiger partial charge in [0, 0.05) is 23.3 Å². The summed E-state index contributed by atoms with van der Waals surface area (Å²) in [6, 6.07) is 7.50. The first-order valence-electron chi connectivity index (χ1n) is 10.0. The van der Waals surface area contributed by atoms with Crippen LogP contribution < -0.4 is 10.6 Å². The number of hydrogen-bond acceptors (Lipinski definition) is 5. The third-order valence-electron chi connectivity index (χ3n) is 5.21. The molecule has 10 heteroatoms. The number of imidazole rings is 1. The Bertz CT molecular complexity index is 1070. The van der Waals surface area contributed by atoms with Crippen LogP contribution in [0.15, 0.2) is 30.6 Å². The highest BCUT2D eigenvalue weighted by Gasteiger charge is 2.27. The number of aromatic nitrogens is 4. The summed E-state index contributed by atoms with van der Waals surface area (Å²) in [5, 5.41) is 17.3. The minimum absolute atomic E-state index is 0.0483. The Labute approximate surface area is 179 Å². The van der Waals surface area contributed by atoms with Crippen LogP contribution >= 0.6 is 0 Å². The number of carboxylic acid groups (broad SMARTS) is 1. The molecule has 10 nitrogen and oxygen atoms in total. The number of benzene rings is 1. The largest absolute Gasteiger partial charge is 0.483 e. The van der Waals surface area contributed by atoms with E-state index in [1.54, 1.807) is 23.1 Å². The van der Waals surface area contributed by atoms with Gasteiger partial charge in [-0.3, -0.25) is 19.1 Å². The molecule has 164 valence electrons. The van der Waals surface area contributed by atoms with Crippen molar-refractivity contribution >= 4 is 29.3 Å². The van der Waals surface area contributed by atoms with E-state index in [1.165, 1.54) is 0 Å². The first-order chi connectivity index (χ1) is 14.9. The number of fused-ring (bicyclic) bond motifs is 1. The van der Waals surface area contributed by atoms with Gasteiger partial charge in [0.25, 0.3) is 12.4 Å². The van der Waals surface area contributed by atoms with Gasteiger partial charge in [-0.25, -0.2) is 4.98 Å². The van der Waals surface area contributed by atoms with Crippen LogP contribution in [-0.4, -0.2) is 55.2 Å². The lowest BCUT2D eigenvalue weighted by Crippen LogP contribution is -2.38. The molecule has 2 aromatic heterocycles. The molecule has 1 aliphatic carbocycles. The smallest absolute Gasteiger partial charge is 0.290 e. The van der Waals surface area contributed by atoms with Crippen LogP contribution in [0.4, 0.5) is 0 Å². The van der Waals surface area contributed by atoms with Gasteiger partial charge in [0.15, 0.2) is 0 Å². The summed E-state index contributed by atoms with van der Waals surface area (Å²) in [5.74, 6) is -0.149. The molecule has 0 saturated heterocycles. The second kappa shape index (κ2) is 9.88. The maximum Gasteiger partial charge on any atom is 0.290 e. The van der Waals surface area contributed by atoms with Gasteiger partial charge in [0.05, 0.1) is 23.1 Å². The molecule has 0 aliphatic heterocycles. The van der Waals surface area contributed by atoms with E-state index in [9.17, 15) is 9.59 Å². The molecule has 4 rings (SSSR count). The van der Waals surface area contributed by atoms with Gasteiger partial charge in [-0.15, -0.1) is 0 Å². The fourth-order valence-corrected chi connectivity index (χ4v) is 3.83. The average Bonchev–Trinajstić information content (AvgIpc) is 3.43. The number of nitrogens with one attached hydrogen (secondary N) is 3. The van der Waals surface area contributed by atoms with Crippen LogP contribution in [0.3, 0.4) is 0 Å². The molecule has 1 aromatic carbocycles. The summed E-state index contributed by atoms with van der Waals surface area (Å²) in [4.78, 5) is 40.4. The highest BCUT2D eigenvalue weighted by Crippen LogP contribution is 2.20. The quantitative estimate of drug-likeness (QED) is 0.456. The van der Waals surface area contributed by atoms with E-state index in [1.807, 2.05) is 26.0 Å². The Morgan fingerprint density at radius 3 is 2.61 bits per heavy atom. The van der Waals surface area contributed by atoms with Crippen molar-refractivity contribution < 1.29 is 19.5 Å². The maximum atomic E-state index is 12.5. The fraction of sp³-hybridized carbons (Fsp3) is 0.381. The maximum absolute atomic E-state index is 12.5. The molecule has 1 fully saturated rings. The summed E-state index contributed by atoms with van der Waals surface area (Å²) in [6.07, 6.45) is 4.06. The van der Waals surface area contributed by atoms with Crippen molar-refractivity contribution in [2.45, 2.75) is 51.7 Å². The molecule has 2 amide bonds. The van der Waals surface area contributed by atoms with Gasteiger partial charge in [0.2, 0.25) is 5.91 Å². The lowest BCUT2D eigenvalue weighted by atomic mass is 10.1. The van der Waals surface area contributed by atoms with E-state index in [0.29, 0.717) is 5.56 Å². The van der Waals surface area contributed by atoms with Gasteiger partial charge in [-0.2, -0.15) is 5.10 Å². The van der Waals surface area contributed by atoms with Crippen molar-refractivity contribution in [3.63, 3.8) is 0 Å². The summed E-state index contributed by atoms with van der Waals surface area (Å²) >= 11 is 0. The summed E-state index contributed by atoms with van der Waals surface area (Å²) in [7, 11) is 0. The number of amides is 2. The van der Waals surface area contributed by atoms with Crippen LogP contribution in [-0.2, 0) is 16.1 Å². The molecule has 2 heterocycles. The molecule has 0 spiro atoms. The van der Waals surface area contributed by atoms with E-state index in [4.69, 9.17) is 9.90 Å². The highest BCUT2D eigenvalue weighted by molar-refractivity contribution is 5.97. The van der Waals surface area contributed by atoms with Crippen LogP contribution in [0, 0.1) is 13.8 Å². The Morgan fingerprint density at radius 2 is 1.94 bits per heavy atom. The first-order valence-corrected chi connectivity index (χ1v) is 10.0. The molecule has 2 atom stereocenters. The van der Waals surface area contributed by atoms with Crippen molar-refractivity contribution in [2.24, 2.45) is 0 Å². The van der Waals surface area contributed by atoms with E-state index in [-0.39, 0.29) is 36.9 Å². The van der Waals surface area contributed by atoms with Gasteiger partial charge >= 0.3 is 0 Å². The summed E-state index contributed by atoms with van der Waals surface area (Å²) in [6.45, 7) is 3.82. The van der Waals surface area contributed by atoms with Crippen molar-refractivity contribution in [1.82, 2.24) is 30.4 Å². The predicted molar refractivity (Wildman–Crippen MR) is 114 cm³/mol. The van der Waals surface area contributed by atoms with Crippen LogP contribution in [0.2, 0.25) is 0 Å². The van der Waals surface area contributed by atoms with Crippen LogP contribution in [0.25, 0.3) is 11.0 Å². The number of H-pyrrole nitrogens is 1. The molecule has 0 radical (unpaired) electrons. The number of carbonyl (C=O) groups excluding carboxylic acids is 2. The molecule has 0 unspecified atom stereocenters. The zero-order valence-electron chi connectivity index (χ0n) is 17.5. The fourth-order valence-electron chi connectivity index (χ4n) is 3.83. The van der Waals surface area contributed by atoms with E-state index >= 15 is 0 Å². The SMILES string of the molecule is Cc1cc(C)n(CC(=O)N[C@@H]2CC[C@H](NC(=O)c3ccc4nc[nH]c4c3)C2)n1.O=CO. The van der Waals surface area contributed by atoms with Gasteiger partial charge in [-0.05, 0) is 57.4 Å².